The largest absolute Gasteiger partial charge is 0.330 e. The fourth-order valence-corrected chi connectivity index (χ4v) is 6.98. The third kappa shape index (κ3) is 26.3. The Labute approximate surface area is 278 Å². The number of rotatable bonds is 35. The average molecular weight is 614 g/mol. The summed E-state index contributed by atoms with van der Waals surface area (Å²) in [5.74, 6) is 0.753. The monoisotopic (exact) mass is 614 g/mol. The van der Waals surface area contributed by atoms with Gasteiger partial charge >= 0.3 is 0 Å². The molecule has 0 aliphatic heterocycles. The van der Waals surface area contributed by atoms with Crippen molar-refractivity contribution in [1.29, 1.82) is 0 Å². The van der Waals surface area contributed by atoms with Crippen molar-refractivity contribution in [1.82, 2.24) is 0 Å². The van der Waals surface area contributed by atoms with Gasteiger partial charge in [-0.3, -0.25) is 0 Å². The first kappa shape index (κ1) is 41.1. The molecule has 0 fully saturated rings. The first-order chi connectivity index (χ1) is 21.8. The van der Waals surface area contributed by atoms with Gasteiger partial charge in [0, 0.05) is 18.6 Å². The summed E-state index contributed by atoms with van der Waals surface area (Å²) >= 11 is 0. The lowest BCUT2D eigenvalue weighted by Crippen LogP contribution is -2.33. The van der Waals surface area contributed by atoms with Gasteiger partial charge in [0.05, 0.1) is 0 Å². The van der Waals surface area contributed by atoms with Gasteiger partial charge in [-0.15, -0.1) is 0 Å². The number of aromatic nitrogens is 1. The summed E-state index contributed by atoms with van der Waals surface area (Å²) in [5, 5.41) is 0. The molecule has 258 valence electrons. The molecular weight excluding hydrogens is 532 g/mol. The number of nitrogens with zero attached hydrogens (tertiary/aromatic N) is 1. The fraction of sp³-hybridized carbons (Fsp3) is 0.881. The molecule has 0 spiro atoms. The minimum absolute atomic E-state index is 0.753. The summed E-state index contributed by atoms with van der Waals surface area (Å²) in [7, 11) is 0. The van der Waals surface area contributed by atoms with Crippen molar-refractivity contribution in [3.05, 3.63) is 30.1 Å². The molecule has 1 heterocycles. The van der Waals surface area contributed by atoms with Gasteiger partial charge in [-0.2, -0.15) is 0 Å². The van der Waals surface area contributed by atoms with Gasteiger partial charge in [-0.05, 0) is 37.3 Å². The van der Waals surface area contributed by atoms with Gasteiger partial charge in [-0.1, -0.05) is 194 Å². The average Bonchev–Trinajstić information content (AvgIpc) is 3.04. The van der Waals surface area contributed by atoms with Crippen LogP contribution in [0.1, 0.15) is 231 Å². The summed E-state index contributed by atoms with van der Waals surface area (Å²) < 4.78 is 2.36. The van der Waals surface area contributed by atoms with Crippen molar-refractivity contribution in [3.63, 3.8) is 0 Å². The van der Waals surface area contributed by atoms with Crippen LogP contribution in [0.25, 0.3) is 0 Å². The number of unbranched alkanes of at least 4 members (excludes halogenated alkanes) is 27. The van der Waals surface area contributed by atoms with E-state index >= 15 is 0 Å². The van der Waals surface area contributed by atoms with Crippen molar-refractivity contribution in [2.45, 2.75) is 232 Å². The zero-order valence-corrected chi connectivity index (χ0v) is 30.5. The maximum Gasteiger partial charge on any atom is 0.169 e. The Kier molecular flexibility index (Phi) is 31.3. The number of hydrogen-bond donors (Lipinski definition) is 1. The molecule has 0 saturated heterocycles. The van der Waals surface area contributed by atoms with E-state index in [2.05, 4.69) is 42.9 Å². The molecular formula is C42H81N2+. The van der Waals surface area contributed by atoms with Gasteiger partial charge < -0.3 is 5.73 Å². The van der Waals surface area contributed by atoms with E-state index in [0.717, 1.165) is 25.4 Å². The van der Waals surface area contributed by atoms with Crippen molar-refractivity contribution in [2.75, 3.05) is 6.54 Å². The molecule has 2 heteroatoms. The standard InChI is InChI=1S/C42H81N2/c1-3-5-7-9-11-13-15-17-19-21-23-25-27-29-33-41(42-35-39-44(40-36-42)38-32-31-37-43)34-30-28-26-24-22-20-18-16-14-12-10-8-6-4-2/h35-36,39-41H,3-34,37-38,43H2,1-2H3/q+1. The Morgan fingerprint density at radius 3 is 1.07 bits per heavy atom. The second-order valence-electron chi connectivity index (χ2n) is 14.3. The molecule has 1 aromatic rings. The lowest BCUT2D eigenvalue weighted by Gasteiger charge is -2.17. The fourth-order valence-electron chi connectivity index (χ4n) is 6.98. The first-order valence-electron chi connectivity index (χ1n) is 20.5. The van der Waals surface area contributed by atoms with Gasteiger partial charge in [0.25, 0.3) is 0 Å². The van der Waals surface area contributed by atoms with Crippen LogP contribution in [0.5, 0.6) is 0 Å². The molecule has 44 heavy (non-hydrogen) atoms. The summed E-state index contributed by atoms with van der Waals surface area (Å²) in [5.41, 5.74) is 7.29. The molecule has 0 aliphatic rings. The van der Waals surface area contributed by atoms with Crippen LogP contribution < -0.4 is 10.3 Å². The highest BCUT2D eigenvalue weighted by Gasteiger charge is 2.13. The molecule has 1 rings (SSSR count). The quantitative estimate of drug-likeness (QED) is 0.0599. The van der Waals surface area contributed by atoms with E-state index in [0.29, 0.717) is 0 Å². The second kappa shape index (κ2) is 33.5. The van der Waals surface area contributed by atoms with E-state index < -0.39 is 0 Å². The van der Waals surface area contributed by atoms with Crippen molar-refractivity contribution < 1.29 is 4.57 Å². The van der Waals surface area contributed by atoms with Crippen molar-refractivity contribution in [3.8, 4) is 0 Å². The van der Waals surface area contributed by atoms with Crippen LogP contribution in [0, 0.1) is 0 Å². The number of hydrogen-bond acceptors (Lipinski definition) is 1. The van der Waals surface area contributed by atoms with E-state index in [-0.39, 0.29) is 0 Å². The third-order valence-corrected chi connectivity index (χ3v) is 10.1. The molecule has 2 nitrogen and oxygen atoms in total. The maximum absolute atomic E-state index is 5.70. The predicted octanol–water partition coefficient (Wildman–Crippen LogP) is 13.5. The van der Waals surface area contributed by atoms with Crippen LogP contribution >= 0.6 is 0 Å². The highest BCUT2D eigenvalue weighted by atomic mass is 14.9. The Balaban J connectivity index is 2.20. The lowest BCUT2D eigenvalue weighted by atomic mass is 9.88. The van der Waals surface area contributed by atoms with Crippen molar-refractivity contribution in [2.24, 2.45) is 5.73 Å². The Bertz CT molecular complexity index is 637. The molecule has 0 aromatic carbocycles. The minimum Gasteiger partial charge on any atom is -0.330 e. The number of pyridine rings is 1. The van der Waals surface area contributed by atoms with E-state index in [4.69, 9.17) is 5.73 Å². The number of aryl methyl sites for hydroxylation is 1. The van der Waals surface area contributed by atoms with Gasteiger partial charge in [0.2, 0.25) is 0 Å². The van der Waals surface area contributed by atoms with Crippen LogP contribution in [0.2, 0.25) is 0 Å². The van der Waals surface area contributed by atoms with Gasteiger partial charge in [-0.25, -0.2) is 4.57 Å². The Morgan fingerprint density at radius 1 is 0.432 bits per heavy atom. The highest BCUT2D eigenvalue weighted by molar-refractivity contribution is 5.13. The molecule has 0 bridgehead atoms. The third-order valence-electron chi connectivity index (χ3n) is 10.1. The second-order valence-corrected chi connectivity index (χ2v) is 14.3. The maximum atomic E-state index is 5.70. The SMILES string of the molecule is CCCCCCCCCCCCCCCCC(CCCCCCCCCCCCCCCC)c1cc[n+](CCCCN)cc1. The normalized spacial score (nSPS) is 11.6. The minimum atomic E-state index is 0.753. The van der Waals surface area contributed by atoms with E-state index in [1.807, 2.05) is 0 Å². The van der Waals surface area contributed by atoms with Crippen LogP contribution in [0.3, 0.4) is 0 Å². The van der Waals surface area contributed by atoms with Gasteiger partial charge in [0.15, 0.2) is 12.4 Å². The van der Waals surface area contributed by atoms with E-state index in [9.17, 15) is 0 Å². The van der Waals surface area contributed by atoms with Crippen LogP contribution in [0.4, 0.5) is 0 Å². The van der Waals surface area contributed by atoms with E-state index in [1.165, 1.54) is 199 Å². The molecule has 1 aromatic heterocycles. The molecule has 0 unspecified atom stereocenters. The molecule has 2 N–H and O–H groups in total. The highest BCUT2D eigenvalue weighted by Crippen LogP contribution is 2.28. The van der Waals surface area contributed by atoms with Crippen LogP contribution in [0.15, 0.2) is 24.5 Å². The molecule has 0 aliphatic carbocycles. The summed E-state index contributed by atoms with van der Waals surface area (Å²) in [6, 6.07) is 4.86. The first-order valence-corrected chi connectivity index (χ1v) is 20.5. The summed E-state index contributed by atoms with van der Waals surface area (Å²) in [4.78, 5) is 0. The van der Waals surface area contributed by atoms with Crippen LogP contribution in [-0.4, -0.2) is 6.54 Å². The zero-order valence-electron chi connectivity index (χ0n) is 30.5. The Hall–Kier alpha value is -0.890. The molecule has 0 saturated carbocycles. The lowest BCUT2D eigenvalue weighted by molar-refractivity contribution is -0.697. The number of nitrogens with two attached hydrogens (primary N) is 1. The molecule has 0 atom stereocenters. The molecule has 0 radical (unpaired) electrons. The van der Waals surface area contributed by atoms with Gasteiger partial charge in [0.1, 0.15) is 6.54 Å². The summed E-state index contributed by atoms with van der Waals surface area (Å²) in [6.07, 6.45) is 50.2. The summed E-state index contributed by atoms with van der Waals surface area (Å²) in [6.45, 7) is 6.52. The predicted molar refractivity (Wildman–Crippen MR) is 198 cm³/mol. The van der Waals surface area contributed by atoms with Crippen LogP contribution in [-0.2, 0) is 6.54 Å². The van der Waals surface area contributed by atoms with E-state index in [1.54, 1.807) is 5.56 Å². The molecule has 0 amide bonds. The smallest absolute Gasteiger partial charge is 0.169 e. The zero-order chi connectivity index (χ0) is 31.6. The van der Waals surface area contributed by atoms with Crippen molar-refractivity contribution >= 4 is 0 Å². The Morgan fingerprint density at radius 2 is 0.750 bits per heavy atom. The topological polar surface area (TPSA) is 29.9 Å².